The van der Waals surface area contributed by atoms with Crippen LogP contribution in [0.5, 0.6) is 0 Å². The van der Waals surface area contributed by atoms with Gasteiger partial charge in [0.15, 0.2) is 5.82 Å². The quantitative estimate of drug-likeness (QED) is 0.855. The number of amides is 1. The Balaban J connectivity index is 1.63. The van der Waals surface area contributed by atoms with Crippen molar-refractivity contribution in [1.82, 2.24) is 30.4 Å². The lowest BCUT2D eigenvalue weighted by Gasteiger charge is -2.37. The molecule has 0 bridgehead atoms. The van der Waals surface area contributed by atoms with Gasteiger partial charge in [0.25, 0.3) is 0 Å². The van der Waals surface area contributed by atoms with Crippen molar-refractivity contribution in [2.24, 2.45) is 0 Å². The molecular weight excluding hydrogens is 316 g/mol. The Morgan fingerprint density at radius 2 is 2.04 bits per heavy atom. The highest BCUT2D eigenvalue weighted by atomic mass is 16.1. The standard InChI is InChI=1S/C18H32N6O/c1-3-8-17(25)19-15-9-7-12-23(13-15)14(2)18-20-21-22-24(18)16-10-5-4-6-11-16/h14-16H,3-13H2,1-2H3,(H,19,25)/t14-,15+/m1/s1. The van der Waals surface area contributed by atoms with Gasteiger partial charge in [-0.1, -0.05) is 26.2 Å². The fourth-order valence-electron chi connectivity index (χ4n) is 4.23. The zero-order valence-electron chi connectivity index (χ0n) is 15.7. The maximum Gasteiger partial charge on any atom is 0.220 e. The lowest BCUT2D eigenvalue weighted by atomic mass is 9.95. The predicted octanol–water partition coefficient (Wildman–Crippen LogP) is 2.62. The van der Waals surface area contributed by atoms with Crippen molar-refractivity contribution in [3.05, 3.63) is 5.82 Å². The molecule has 7 heteroatoms. The molecule has 1 saturated heterocycles. The third-order valence-electron chi connectivity index (χ3n) is 5.66. The van der Waals surface area contributed by atoms with Crippen molar-refractivity contribution < 1.29 is 4.79 Å². The minimum absolute atomic E-state index is 0.175. The van der Waals surface area contributed by atoms with Gasteiger partial charge >= 0.3 is 0 Å². The Kier molecular flexibility index (Phi) is 6.39. The van der Waals surface area contributed by atoms with Crippen molar-refractivity contribution in [3.8, 4) is 0 Å². The Morgan fingerprint density at radius 3 is 2.80 bits per heavy atom. The molecule has 1 aliphatic heterocycles. The van der Waals surface area contributed by atoms with E-state index in [0.29, 0.717) is 12.5 Å². The Morgan fingerprint density at radius 1 is 1.24 bits per heavy atom. The molecule has 1 saturated carbocycles. The van der Waals surface area contributed by atoms with E-state index in [1.807, 2.05) is 6.92 Å². The lowest BCUT2D eigenvalue weighted by molar-refractivity contribution is -0.122. The predicted molar refractivity (Wildman–Crippen MR) is 96.0 cm³/mol. The molecule has 2 heterocycles. The number of rotatable bonds is 6. The normalized spacial score (nSPS) is 24.2. The monoisotopic (exact) mass is 348 g/mol. The van der Waals surface area contributed by atoms with Crippen molar-refractivity contribution in [3.63, 3.8) is 0 Å². The zero-order valence-corrected chi connectivity index (χ0v) is 15.7. The van der Waals surface area contributed by atoms with Crippen LogP contribution < -0.4 is 5.32 Å². The molecular formula is C18H32N6O. The number of aromatic nitrogens is 4. The first kappa shape index (κ1) is 18.3. The molecule has 0 aromatic carbocycles. The Labute approximate surface area is 150 Å². The first-order valence-corrected chi connectivity index (χ1v) is 10.00. The number of nitrogens with zero attached hydrogens (tertiary/aromatic N) is 5. The summed E-state index contributed by atoms with van der Waals surface area (Å²) in [5.41, 5.74) is 0. The summed E-state index contributed by atoms with van der Waals surface area (Å²) in [5.74, 6) is 1.15. The van der Waals surface area contributed by atoms with Crippen molar-refractivity contribution >= 4 is 5.91 Å². The highest BCUT2D eigenvalue weighted by Crippen LogP contribution is 2.31. The number of carbonyl (C=O) groups excluding carboxylic acids is 1. The van der Waals surface area contributed by atoms with Crippen LogP contribution in [-0.4, -0.2) is 50.1 Å². The molecule has 2 atom stereocenters. The lowest BCUT2D eigenvalue weighted by Crippen LogP contribution is -2.48. The maximum atomic E-state index is 11.9. The maximum absolute atomic E-state index is 11.9. The molecule has 1 aliphatic carbocycles. The highest BCUT2D eigenvalue weighted by molar-refractivity contribution is 5.76. The van der Waals surface area contributed by atoms with Crippen molar-refractivity contribution in [2.75, 3.05) is 13.1 Å². The molecule has 2 fully saturated rings. The van der Waals surface area contributed by atoms with Gasteiger partial charge in [0.05, 0.1) is 12.1 Å². The molecule has 1 N–H and O–H groups in total. The van der Waals surface area contributed by atoms with Gasteiger partial charge in [-0.2, -0.15) is 0 Å². The first-order valence-electron chi connectivity index (χ1n) is 10.00. The molecule has 25 heavy (non-hydrogen) atoms. The van der Waals surface area contributed by atoms with Gasteiger partial charge in [-0.15, -0.1) is 5.10 Å². The van der Waals surface area contributed by atoms with Gasteiger partial charge in [-0.25, -0.2) is 4.68 Å². The molecule has 140 valence electrons. The third-order valence-corrected chi connectivity index (χ3v) is 5.66. The van der Waals surface area contributed by atoms with Crippen LogP contribution in [0, 0.1) is 0 Å². The molecule has 3 rings (SSSR count). The number of hydrogen-bond acceptors (Lipinski definition) is 5. The van der Waals surface area contributed by atoms with Gasteiger partial charge in [0, 0.05) is 19.0 Å². The number of likely N-dealkylation sites (tertiary alicyclic amines) is 1. The van der Waals surface area contributed by atoms with Crippen LogP contribution in [0.1, 0.15) is 89.5 Å². The second kappa shape index (κ2) is 8.74. The summed E-state index contributed by atoms with van der Waals surface area (Å²) in [7, 11) is 0. The third kappa shape index (κ3) is 4.57. The second-order valence-corrected chi connectivity index (χ2v) is 7.60. The summed E-state index contributed by atoms with van der Waals surface area (Å²) in [6.45, 7) is 6.16. The number of carbonyl (C=O) groups is 1. The summed E-state index contributed by atoms with van der Waals surface area (Å²) in [4.78, 5) is 14.3. The summed E-state index contributed by atoms with van der Waals surface area (Å²) >= 11 is 0. The molecule has 0 spiro atoms. The average Bonchev–Trinajstić information content (AvgIpc) is 3.12. The molecule has 0 unspecified atom stereocenters. The van der Waals surface area contributed by atoms with Crippen LogP contribution in [-0.2, 0) is 4.79 Å². The fraction of sp³-hybridized carbons (Fsp3) is 0.889. The van der Waals surface area contributed by atoms with E-state index >= 15 is 0 Å². The van der Waals surface area contributed by atoms with Crippen LogP contribution in [0.25, 0.3) is 0 Å². The van der Waals surface area contributed by atoms with Crippen molar-refractivity contribution in [2.45, 2.75) is 89.8 Å². The molecule has 1 aromatic heterocycles. The summed E-state index contributed by atoms with van der Waals surface area (Å²) in [6.07, 6.45) is 9.91. The van der Waals surface area contributed by atoms with Gasteiger partial charge in [0.2, 0.25) is 5.91 Å². The molecule has 2 aliphatic rings. The van der Waals surface area contributed by atoms with Gasteiger partial charge in [-0.3, -0.25) is 9.69 Å². The smallest absolute Gasteiger partial charge is 0.220 e. The van der Waals surface area contributed by atoms with Crippen LogP contribution in [0.2, 0.25) is 0 Å². The Bertz CT molecular complexity index is 554. The Hall–Kier alpha value is -1.50. The zero-order chi connectivity index (χ0) is 17.6. The number of nitrogens with one attached hydrogen (secondary N) is 1. The molecule has 7 nitrogen and oxygen atoms in total. The number of hydrogen-bond donors (Lipinski definition) is 1. The number of tetrazole rings is 1. The fourth-order valence-corrected chi connectivity index (χ4v) is 4.23. The van der Waals surface area contributed by atoms with E-state index in [9.17, 15) is 4.79 Å². The van der Waals surface area contributed by atoms with E-state index in [0.717, 1.165) is 38.2 Å². The topological polar surface area (TPSA) is 75.9 Å². The largest absolute Gasteiger partial charge is 0.352 e. The van der Waals surface area contributed by atoms with Crippen LogP contribution in [0.3, 0.4) is 0 Å². The minimum atomic E-state index is 0.175. The molecule has 0 radical (unpaired) electrons. The van der Waals surface area contributed by atoms with Crippen LogP contribution in [0.4, 0.5) is 0 Å². The summed E-state index contributed by atoms with van der Waals surface area (Å²) in [5, 5.41) is 15.8. The summed E-state index contributed by atoms with van der Waals surface area (Å²) < 4.78 is 2.07. The van der Waals surface area contributed by atoms with E-state index in [2.05, 4.69) is 37.3 Å². The SMILES string of the molecule is CCCC(=O)N[C@H]1CCCN([C@H](C)c2nnnn2C2CCCCC2)C1. The van der Waals surface area contributed by atoms with Gasteiger partial charge < -0.3 is 5.32 Å². The van der Waals surface area contributed by atoms with E-state index in [1.165, 1.54) is 32.1 Å². The van der Waals surface area contributed by atoms with Gasteiger partial charge in [-0.05, 0) is 56.0 Å². The minimum Gasteiger partial charge on any atom is -0.352 e. The van der Waals surface area contributed by atoms with E-state index in [1.54, 1.807) is 0 Å². The van der Waals surface area contributed by atoms with E-state index < -0.39 is 0 Å². The first-order chi connectivity index (χ1) is 12.2. The molecule has 1 amide bonds. The number of piperidine rings is 1. The van der Waals surface area contributed by atoms with Crippen molar-refractivity contribution in [1.29, 1.82) is 0 Å². The summed E-state index contributed by atoms with van der Waals surface area (Å²) in [6, 6.07) is 0.878. The second-order valence-electron chi connectivity index (χ2n) is 7.60. The van der Waals surface area contributed by atoms with Crippen LogP contribution in [0.15, 0.2) is 0 Å². The van der Waals surface area contributed by atoms with E-state index in [-0.39, 0.29) is 18.0 Å². The van der Waals surface area contributed by atoms with Crippen LogP contribution >= 0.6 is 0 Å². The average molecular weight is 348 g/mol. The van der Waals surface area contributed by atoms with Gasteiger partial charge in [0.1, 0.15) is 0 Å². The molecule has 1 aromatic rings. The highest BCUT2D eigenvalue weighted by Gasteiger charge is 2.30. The van der Waals surface area contributed by atoms with E-state index in [4.69, 9.17) is 0 Å².